The zero-order valence-corrected chi connectivity index (χ0v) is 16.1. The van der Waals surface area contributed by atoms with Gasteiger partial charge < -0.3 is 15.4 Å². The van der Waals surface area contributed by atoms with Gasteiger partial charge in [-0.15, -0.1) is 5.10 Å². The Bertz CT molecular complexity index is 924. The monoisotopic (exact) mass is 377 g/mol. The van der Waals surface area contributed by atoms with Gasteiger partial charge in [-0.05, 0) is 54.8 Å². The van der Waals surface area contributed by atoms with Crippen molar-refractivity contribution >= 4 is 29.1 Å². The molecule has 0 aliphatic rings. The van der Waals surface area contributed by atoms with Crippen molar-refractivity contribution in [2.75, 3.05) is 17.2 Å². The molecule has 3 rings (SSSR count). The number of hydrogen-bond acceptors (Lipinski definition) is 7. The van der Waals surface area contributed by atoms with E-state index in [9.17, 15) is 4.79 Å². The van der Waals surface area contributed by atoms with E-state index in [4.69, 9.17) is 4.74 Å². The van der Waals surface area contributed by atoms with Crippen molar-refractivity contribution in [3.8, 4) is 0 Å². The predicted molar refractivity (Wildman–Crippen MR) is 109 cm³/mol. The van der Waals surface area contributed by atoms with Crippen LogP contribution in [-0.2, 0) is 4.74 Å². The predicted octanol–water partition coefficient (Wildman–Crippen LogP) is 4.66. The van der Waals surface area contributed by atoms with Gasteiger partial charge in [0, 0.05) is 11.4 Å². The molecule has 0 unspecified atom stereocenters. The molecule has 0 atom stereocenters. The number of nitrogens with zero attached hydrogens (tertiary/aromatic N) is 3. The van der Waals surface area contributed by atoms with Crippen molar-refractivity contribution in [2.45, 2.75) is 26.7 Å². The zero-order valence-electron chi connectivity index (χ0n) is 16.1. The molecule has 1 heterocycles. The first-order valence-electron chi connectivity index (χ1n) is 9.16. The summed E-state index contributed by atoms with van der Waals surface area (Å²) in [7, 11) is 0. The largest absolute Gasteiger partial charge is 0.462 e. The van der Waals surface area contributed by atoms with Crippen molar-refractivity contribution in [1.82, 2.24) is 15.2 Å². The van der Waals surface area contributed by atoms with Crippen LogP contribution < -0.4 is 10.6 Å². The number of anilines is 4. The lowest BCUT2D eigenvalue weighted by Crippen LogP contribution is -2.05. The average Bonchev–Trinajstić information content (AvgIpc) is 2.69. The summed E-state index contributed by atoms with van der Waals surface area (Å²) in [5.41, 5.74) is 3.44. The third kappa shape index (κ3) is 5.03. The Hall–Kier alpha value is -3.48. The maximum atomic E-state index is 11.7. The molecule has 0 amide bonds. The van der Waals surface area contributed by atoms with Gasteiger partial charge in [0.1, 0.15) is 0 Å². The minimum atomic E-state index is -0.346. The Morgan fingerprint density at radius 1 is 1.00 bits per heavy atom. The SMILES string of the molecule is CCOC(=O)c1ccc(Nc2nncc(Nc3ccc(C(C)C)cc3)n2)cc1. The average molecular weight is 377 g/mol. The minimum absolute atomic E-state index is 0.346. The van der Waals surface area contributed by atoms with E-state index in [1.165, 1.54) is 5.56 Å². The van der Waals surface area contributed by atoms with E-state index in [0.717, 1.165) is 11.4 Å². The van der Waals surface area contributed by atoms with Crippen molar-refractivity contribution in [3.63, 3.8) is 0 Å². The number of rotatable bonds is 7. The van der Waals surface area contributed by atoms with Crippen molar-refractivity contribution in [2.24, 2.45) is 0 Å². The van der Waals surface area contributed by atoms with Crippen LogP contribution in [-0.4, -0.2) is 27.8 Å². The number of ether oxygens (including phenoxy) is 1. The van der Waals surface area contributed by atoms with Crippen LogP contribution in [0.5, 0.6) is 0 Å². The fourth-order valence-corrected chi connectivity index (χ4v) is 2.55. The van der Waals surface area contributed by atoms with Crippen LogP contribution in [0, 0.1) is 0 Å². The number of carbonyl (C=O) groups excluding carboxylic acids is 1. The van der Waals surface area contributed by atoms with Gasteiger partial charge in [0.25, 0.3) is 0 Å². The highest BCUT2D eigenvalue weighted by Crippen LogP contribution is 2.20. The topological polar surface area (TPSA) is 89.0 Å². The molecule has 0 saturated carbocycles. The summed E-state index contributed by atoms with van der Waals surface area (Å²) in [6.45, 7) is 6.44. The summed E-state index contributed by atoms with van der Waals surface area (Å²) >= 11 is 0. The maximum absolute atomic E-state index is 11.7. The van der Waals surface area contributed by atoms with Gasteiger partial charge in [-0.1, -0.05) is 26.0 Å². The lowest BCUT2D eigenvalue weighted by molar-refractivity contribution is 0.0526. The van der Waals surface area contributed by atoms with E-state index in [1.54, 1.807) is 37.4 Å². The second-order valence-electron chi connectivity index (χ2n) is 6.49. The Morgan fingerprint density at radius 2 is 1.64 bits per heavy atom. The van der Waals surface area contributed by atoms with E-state index in [2.05, 4.69) is 51.8 Å². The molecule has 0 bridgehead atoms. The highest BCUT2D eigenvalue weighted by Gasteiger charge is 2.07. The Balaban J connectivity index is 1.67. The molecule has 0 saturated heterocycles. The third-order valence-electron chi connectivity index (χ3n) is 4.06. The molecule has 7 heteroatoms. The first kappa shape index (κ1) is 19.3. The van der Waals surface area contributed by atoms with Crippen LogP contribution in [0.3, 0.4) is 0 Å². The highest BCUT2D eigenvalue weighted by atomic mass is 16.5. The van der Waals surface area contributed by atoms with E-state index >= 15 is 0 Å². The number of carbonyl (C=O) groups is 1. The highest BCUT2D eigenvalue weighted by molar-refractivity contribution is 5.89. The van der Waals surface area contributed by atoms with Gasteiger partial charge in [-0.2, -0.15) is 10.1 Å². The van der Waals surface area contributed by atoms with Crippen LogP contribution in [0.15, 0.2) is 54.7 Å². The number of esters is 1. The molecule has 0 fully saturated rings. The quantitative estimate of drug-likeness (QED) is 0.579. The number of benzene rings is 2. The summed E-state index contributed by atoms with van der Waals surface area (Å²) in [6.07, 6.45) is 1.56. The molecule has 28 heavy (non-hydrogen) atoms. The molecule has 1 aromatic heterocycles. The van der Waals surface area contributed by atoms with E-state index in [1.807, 2.05) is 12.1 Å². The molecule has 0 aliphatic heterocycles. The van der Waals surface area contributed by atoms with Gasteiger partial charge in [0.05, 0.1) is 18.4 Å². The maximum Gasteiger partial charge on any atom is 0.338 e. The molecular weight excluding hydrogens is 354 g/mol. The van der Waals surface area contributed by atoms with Gasteiger partial charge in [0.15, 0.2) is 5.82 Å². The summed E-state index contributed by atoms with van der Waals surface area (Å²) in [5, 5.41) is 14.3. The Morgan fingerprint density at radius 3 is 2.29 bits per heavy atom. The first-order valence-corrected chi connectivity index (χ1v) is 9.16. The Labute approximate surface area is 164 Å². The molecular formula is C21H23N5O2. The number of hydrogen-bond donors (Lipinski definition) is 2. The van der Waals surface area contributed by atoms with Crippen LogP contribution in [0.1, 0.15) is 42.6 Å². The molecule has 7 nitrogen and oxygen atoms in total. The van der Waals surface area contributed by atoms with Crippen molar-refractivity contribution < 1.29 is 9.53 Å². The summed E-state index contributed by atoms with van der Waals surface area (Å²) < 4.78 is 4.98. The van der Waals surface area contributed by atoms with E-state index in [0.29, 0.717) is 29.9 Å². The third-order valence-corrected chi connectivity index (χ3v) is 4.06. The number of aromatic nitrogens is 3. The molecule has 3 aromatic rings. The smallest absolute Gasteiger partial charge is 0.338 e. The second kappa shape index (κ2) is 8.94. The zero-order chi connectivity index (χ0) is 19.9. The van der Waals surface area contributed by atoms with Gasteiger partial charge in [-0.25, -0.2) is 4.79 Å². The molecule has 0 radical (unpaired) electrons. The van der Waals surface area contributed by atoms with Crippen LogP contribution in [0.25, 0.3) is 0 Å². The van der Waals surface area contributed by atoms with E-state index < -0.39 is 0 Å². The molecule has 0 spiro atoms. The fraction of sp³-hybridized carbons (Fsp3) is 0.238. The minimum Gasteiger partial charge on any atom is -0.462 e. The Kier molecular flexibility index (Phi) is 6.16. The normalized spacial score (nSPS) is 10.6. The second-order valence-corrected chi connectivity index (χ2v) is 6.49. The van der Waals surface area contributed by atoms with Gasteiger partial charge in [-0.3, -0.25) is 0 Å². The van der Waals surface area contributed by atoms with Crippen molar-refractivity contribution in [1.29, 1.82) is 0 Å². The summed E-state index contributed by atoms with van der Waals surface area (Å²) in [5.74, 6) is 1.08. The van der Waals surface area contributed by atoms with Gasteiger partial charge >= 0.3 is 5.97 Å². The van der Waals surface area contributed by atoms with Crippen molar-refractivity contribution in [3.05, 3.63) is 65.9 Å². The lowest BCUT2D eigenvalue weighted by atomic mass is 10.0. The standard InChI is InChI=1S/C21H23N5O2/c1-4-28-20(27)16-7-11-18(12-8-16)24-21-25-19(13-22-26-21)23-17-9-5-15(6-10-17)14(2)3/h5-14H,4H2,1-3H3,(H2,23,24,25,26). The molecule has 0 aliphatic carbocycles. The summed E-state index contributed by atoms with van der Waals surface area (Å²) in [6, 6.07) is 15.1. The molecule has 2 N–H and O–H groups in total. The first-order chi connectivity index (χ1) is 13.5. The number of nitrogens with one attached hydrogen (secondary N) is 2. The van der Waals surface area contributed by atoms with Gasteiger partial charge in [0.2, 0.25) is 5.95 Å². The van der Waals surface area contributed by atoms with Crippen LogP contribution in [0.2, 0.25) is 0 Å². The lowest BCUT2D eigenvalue weighted by Gasteiger charge is -2.10. The van der Waals surface area contributed by atoms with Crippen LogP contribution in [0.4, 0.5) is 23.1 Å². The molecule has 144 valence electrons. The summed E-state index contributed by atoms with van der Waals surface area (Å²) in [4.78, 5) is 16.1. The molecule has 2 aromatic carbocycles. The fourth-order valence-electron chi connectivity index (χ4n) is 2.55. The van der Waals surface area contributed by atoms with E-state index in [-0.39, 0.29) is 5.97 Å². The van der Waals surface area contributed by atoms with Crippen LogP contribution >= 0.6 is 0 Å².